The second kappa shape index (κ2) is 6.87. The van der Waals surface area contributed by atoms with E-state index in [1.165, 1.54) is 36.4 Å². The summed E-state index contributed by atoms with van der Waals surface area (Å²) in [6.07, 6.45) is 0. The molecule has 0 aliphatic rings. The molecule has 2 amide bonds. The molecule has 0 saturated carbocycles. The largest absolute Gasteiger partial charge is 0.506 e. The summed E-state index contributed by atoms with van der Waals surface area (Å²) in [5.41, 5.74) is 0.339. The number of phenolic OH excluding ortho intramolecular Hbond substituents is 1. The van der Waals surface area contributed by atoms with E-state index in [2.05, 4.69) is 10.6 Å². The third-order valence-electron chi connectivity index (χ3n) is 2.59. The van der Waals surface area contributed by atoms with Gasteiger partial charge in [-0.05, 0) is 36.4 Å². The standard InChI is InChI=1S/C14H9Cl3N2O3/c15-7-1-4-12(20)11(5-7)19-14(22)13(21)18-8-2-3-9(16)10(17)6-8/h1-6,20H,(H,18,21)(H,19,22). The molecule has 22 heavy (non-hydrogen) atoms. The summed E-state index contributed by atoms with van der Waals surface area (Å²) >= 11 is 17.3. The Bertz CT molecular complexity index is 750. The monoisotopic (exact) mass is 358 g/mol. The first kappa shape index (κ1) is 16.4. The van der Waals surface area contributed by atoms with Crippen molar-refractivity contribution in [1.29, 1.82) is 0 Å². The van der Waals surface area contributed by atoms with Crippen LogP contribution in [0.5, 0.6) is 5.75 Å². The molecule has 0 saturated heterocycles. The molecular formula is C14H9Cl3N2O3. The Morgan fingerprint density at radius 2 is 1.55 bits per heavy atom. The van der Waals surface area contributed by atoms with Crippen LogP contribution < -0.4 is 10.6 Å². The molecule has 0 aromatic heterocycles. The lowest BCUT2D eigenvalue weighted by Crippen LogP contribution is -2.29. The van der Waals surface area contributed by atoms with Crippen LogP contribution in [0.2, 0.25) is 15.1 Å². The number of carbonyl (C=O) groups excluding carboxylic acids is 2. The van der Waals surface area contributed by atoms with Gasteiger partial charge in [-0.1, -0.05) is 34.8 Å². The molecule has 0 unspecified atom stereocenters. The fraction of sp³-hybridized carbons (Fsp3) is 0. The molecule has 114 valence electrons. The van der Waals surface area contributed by atoms with Gasteiger partial charge in [0, 0.05) is 10.7 Å². The minimum atomic E-state index is -0.969. The van der Waals surface area contributed by atoms with Gasteiger partial charge < -0.3 is 15.7 Å². The van der Waals surface area contributed by atoms with Gasteiger partial charge in [-0.2, -0.15) is 0 Å². The molecule has 2 rings (SSSR count). The molecule has 2 aromatic rings. The van der Waals surface area contributed by atoms with Gasteiger partial charge in [0.15, 0.2) is 0 Å². The molecule has 0 heterocycles. The van der Waals surface area contributed by atoms with Crippen LogP contribution in [0.25, 0.3) is 0 Å². The normalized spacial score (nSPS) is 10.1. The Morgan fingerprint density at radius 1 is 0.864 bits per heavy atom. The predicted molar refractivity (Wildman–Crippen MR) is 86.8 cm³/mol. The van der Waals surface area contributed by atoms with Crippen molar-refractivity contribution < 1.29 is 14.7 Å². The van der Waals surface area contributed by atoms with Crippen LogP contribution in [-0.4, -0.2) is 16.9 Å². The van der Waals surface area contributed by atoms with Gasteiger partial charge in [-0.3, -0.25) is 9.59 Å². The number of hydrogen-bond donors (Lipinski definition) is 3. The Kier molecular flexibility index (Phi) is 5.13. The molecule has 0 spiro atoms. The summed E-state index contributed by atoms with van der Waals surface area (Å²) < 4.78 is 0. The number of anilines is 2. The zero-order valence-corrected chi connectivity index (χ0v) is 13.1. The number of aromatic hydroxyl groups is 1. The quantitative estimate of drug-likeness (QED) is 0.561. The molecule has 0 fully saturated rings. The molecule has 0 aliphatic carbocycles. The van der Waals surface area contributed by atoms with Crippen molar-refractivity contribution in [3.05, 3.63) is 51.5 Å². The highest BCUT2D eigenvalue weighted by Crippen LogP contribution is 2.27. The molecule has 0 radical (unpaired) electrons. The maximum absolute atomic E-state index is 11.8. The lowest BCUT2D eigenvalue weighted by molar-refractivity contribution is -0.133. The zero-order chi connectivity index (χ0) is 16.3. The Balaban J connectivity index is 2.07. The number of rotatable bonds is 2. The van der Waals surface area contributed by atoms with E-state index >= 15 is 0 Å². The summed E-state index contributed by atoms with van der Waals surface area (Å²) in [4.78, 5) is 23.6. The number of amides is 2. The van der Waals surface area contributed by atoms with E-state index in [-0.39, 0.29) is 16.5 Å². The first-order chi connectivity index (χ1) is 10.4. The molecule has 0 aliphatic heterocycles. The van der Waals surface area contributed by atoms with Crippen molar-refractivity contribution in [2.24, 2.45) is 0 Å². The maximum Gasteiger partial charge on any atom is 0.314 e. The highest BCUT2D eigenvalue weighted by Gasteiger charge is 2.16. The van der Waals surface area contributed by atoms with Crippen LogP contribution >= 0.6 is 34.8 Å². The number of hydrogen-bond acceptors (Lipinski definition) is 3. The van der Waals surface area contributed by atoms with Crippen molar-refractivity contribution in [2.45, 2.75) is 0 Å². The second-order valence-electron chi connectivity index (χ2n) is 4.20. The summed E-state index contributed by atoms with van der Waals surface area (Å²) in [6.45, 7) is 0. The smallest absolute Gasteiger partial charge is 0.314 e. The molecular weight excluding hydrogens is 351 g/mol. The third-order valence-corrected chi connectivity index (χ3v) is 3.56. The highest BCUT2D eigenvalue weighted by atomic mass is 35.5. The summed E-state index contributed by atoms with van der Waals surface area (Å²) in [6, 6.07) is 8.46. The lowest BCUT2D eigenvalue weighted by atomic mass is 10.3. The minimum Gasteiger partial charge on any atom is -0.506 e. The first-order valence-electron chi connectivity index (χ1n) is 5.92. The van der Waals surface area contributed by atoms with Gasteiger partial charge in [-0.25, -0.2) is 0 Å². The summed E-state index contributed by atoms with van der Waals surface area (Å²) in [7, 11) is 0. The van der Waals surface area contributed by atoms with E-state index in [1.54, 1.807) is 0 Å². The van der Waals surface area contributed by atoms with Crippen LogP contribution in [0.3, 0.4) is 0 Å². The number of phenols is 1. The number of halogens is 3. The van der Waals surface area contributed by atoms with Crippen molar-refractivity contribution in [1.82, 2.24) is 0 Å². The van der Waals surface area contributed by atoms with Crippen LogP contribution in [0.4, 0.5) is 11.4 Å². The lowest BCUT2D eigenvalue weighted by Gasteiger charge is -2.08. The van der Waals surface area contributed by atoms with Gasteiger partial charge in [0.2, 0.25) is 0 Å². The van der Waals surface area contributed by atoms with Crippen molar-refractivity contribution in [3.8, 4) is 5.75 Å². The molecule has 0 bridgehead atoms. The van der Waals surface area contributed by atoms with Crippen LogP contribution in [0.1, 0.15) is 0 Å². The van der Waals surface area contributed by atoms with Gasteiger partial charge in [0.05, 0.1) is 15.7 Å². The Morgan fingerprint density at radius 3 is 2.23 bits per heavy atom. The highest BCUT2D eigenvalue weighted by molar-refractivity contribution is 6.44. The fourth-order valence-corrected chi connectivity index (χ4v) is 2.02. The van der Waals surface area contributed by atoms with Crippen LogP contribution in [0, 0.1) is 0 Å². The second-order valence-corrected chi connectivity index (χ2v) is 5.45. The molecule has 5 nitrogen and oxygen atoms in total. The number of nitrogens with one attached hydrogen (secondary N) is 2. The van der Waals surface area contributed by atoms with E-state index in [4.69, 9.17) is 34.8 Å². The van der Waals surface area contributed by atoms with Gasteiger partial charge >= 0.3 is 11.8 Å². The van der Waals surface area contributed by atoms with Crippen molar-refractivity contribution in [2.75, 3.05) is 10.6 Å². The Labute approximate surface area is 140 Å². The molecule has 3 N–H and O–H groups in total. The average molecular weight is 360 g/mol. The van der Waals surface area contributed by atoms with Crippen molar-refractivity contribution >= 4 is 58.0 Å². The van der Waals surface area contributed by atoms with E-state index in [9.17, 15) is 14.7 Å². The summed E-state index contributed by atoms with van der Waals surface area (Å²) in [5, 5.41) is 15.1. The average Bonchev–Trinajstić information content (AvgIpc) is 2.46. The zero-order valence-electron chi connectivity index (χ0n) is 10.9. The third kappa shape index (κ3) is 4.04. The van der Waals surface area contributed by atoms with Gasteiger partial charge in [-0.15, -0.1) is 0 Å². The van der Waals surface area contributed by atoms with Gasteiger partial charge in [0.25, 0.3) is 0 Å². The molecule has 8 heteroatoms. The maximum atomic E-state index is 11.8. The Hall–Kier alpha value is -1.95. The SMILES string of the molecule is O=C(Nc1ccc(Cl)c(Cl)c1)C(=O)Nc1cc(Cl)ccc1O. The van der Waals surface area contributed by atoms with Crippen LogP contribution in [0.15, 0.2) is 36.4 Å². The van der Waals surface area contributed by atoms with E-state index in [0.717, 1.165) is 0 Å². The van der Waals surface area contributed by atoms with Crippen LogP contribution in [-0.2, 0) is 9.59 Å². The number of benzene rings is 2. The van der Waals surface area contributed by atoms with E-state index < -0.39 is 11.8 Å². The molecule has 0 atom stereocenters. The van der Waals surface area contributed by atoms with E-state index in [0.29, 0.717) is 15.7 Å². The van der Waals surface area contributed by atoms with Gasteiger partial charge in [0.1, 0.15) is 5.75 Å². The topological polar surface area (TPSA) is 78.4 Å². The fourth-order valence-electron chi connectivity index (χ4n) is 1.55. The first-order valence-corrected chi connectivity index (χ1v) is 7.06. The number of carbonyl (C=O) groups is 2. The molecule has 2 aromatic carbocycles. The van der Waals surface area contributed by atoms with E-state index in [1.807, 2.05) is 0 Å². The van der Waals surface area contributed by atoms with Crippen molar-refractivity contribution in [3.63, 3.8) is 0 Å². The minimum absolute atomic E-state index is 0.0294. The predicted octanol–water partition coefficient (Wildman–Crippen LogP) is 3.93. The summed E-state index contributed by atoms with van der Waals surface area (Å²) in [5.74, 6) is -2.11.